The molecule has 1 fully saturated rings. The van der Waals surface area contributed by atoms with Crippen LogP contribution in [0.15, 0.2) is 18.2 Å². The van der Waals surface area contributed by atoms with E-state index in [9.17, 15) is 0 Å². The molecule has 0 heterocycles. The second-order valence-corrected chi connectivity index (χ2v) is 8.01. The number of nitrogens with one attached hydrogen (secondary N) is 1. The standard InChI is InChI=1S/C19H29N/c1-13(20-12-17-18(2,3)19(17,4)5)15-10-9-14-7-6-8-16(14)11-15/h9-11,13,17,20H,6-8,12H2,1-5H3. The Morgan fingerprint density at radius 2 is 1.75 bits per heavy atom. The van der Waals surface area contributed by atoms with Gasteiger partial charge in [0.25, 0.3) is 0 Å². The maximum absolute atomic E-state index is 3.76. The maximum Gasteiger partial charge on any atom is 0.0292 e. The number of rotatable bonds is 4. The highest BCUT2D eigenvalue weighted by molar-refractivity contribution is 5.36. The number of aryl methyl sites for hydroxylation is 2. The van der Waals surface area contributed by atoms with Gasteiger partial charge in [-0.25, -0.2) is 0 Å². The van der Waals surface area contributed by atoms with Crippen LogP contribution in [0.3, 0.4) is 0 Å². The van der Waals surface area contributed by atoms with Crippen molar-refractivity contribution in [1.29, 1.82) is 0 Å². The minimum atomic E-state index is 0.466. The molecule has 1 heteroatoms. The Hall–Kier alpha value is -0.820. The normalized spacial score (nSPS) is 24.4. The third kappa shape index (κ3) is 2.11. The topological polar surface area (TPSA) is 12.0 Å². The summed E-state index contributed by atoms with van der Waals surface area (Å²) >= 11 is 0. The Balaban J connectivity index is 1.62. The largest absolute Gasteiger partial charge is 0.310 e. The molecule has 1 saturated carbocycles. The van der Waals surface area contributed by atoms with Gasteiger partial charge < -0.3 is 5.32 Å². The van der Waals surface area contributed by atoms with Crippen LogP contribution in [-0.4, -0.2) is 6.54 Å². The summed E-state index contributed by atoms with van der Waals surface area (Å²) in [6, 6.07) is 7.57. The number of hydrogen-bond acceptors (Lipinski definition) is 1. The first-order chi connectivity index (χ1) is 9.34. The molecule has 1 nitrogen and oxygen atoms in total. The average Bonchev–Trinajstić information content (AvgIpc) is 2.75. The highest BCUT2D eigenvalue weighted by Gasteiger charge is 2.63. The van der Waals surface area contributed by atoms with E-state index in [1.165, 1.54) is 24.8 Å². The van der Waals surface area contributed by atoms with Crippen molar-refractivity contribution in [2.45, 2.75) is 59.9 Å². The molecule has 1 unspecified atom stereocenters. The summed E-state index contributed by atoms with van der Waals surface area (Å²) < 4.78 is 0. The fourth-order valence-electron chi connectivity index (χ4n) is 4.12. The molecular formula is C19H29N. The van der Waals surface area contributed by atoms with Crippen molar-refractivity contribution in [1.82, 2.24) is 5.32 Å². The van der Waals surface area contributed by atoms with Crippen LogP contribution >= 0.6 is 0 Å². The first-order valence-electron chi connectivity index (χ1n) is 8.19. The second-order valence-electron chi connectivity index (χ2n) is 8.01. The zero-order valence-electron chi connectivity index (χ0n) is 13.7. The van der Waals surface area contributed by atoms with E-state index in [-0.39, 0.29) is 0 Å². The van der Waals surface area contributed by atoms with E-state index in [1.807, 2.05) is 0 Å². The molecular weight excluding hydrogens is 242 g/mol. The van der Waals surface area contributed by atoms with Crippen molar-refractivity contribution < 1.29 is 0 Å². The third-order valence-corrected chi connectivity index (χ3v) is 6.57. The Bertz CT molecular complexity index is 498. The first kappa shape index (κ1) is 14.1. The van der Waals surface area contributed by atoms with Crippen molar-refractivity contribution in [3.63, 3.8) is 0 Å². The fourth-order valence-corrected chi connectivity index (χ4v) is 4.12. The molecule has 1 N–H and O–H groups in total. The molecule has 0 aliphatic heterocycles. The summed E-state index contributed by atoms with van der Waals surface area (Å²) in [5.74, 6) is 0.798. The summed E-state index contributed by atoms with van der Waals surface area (Å²) in [7, 11) is 0. The summed E-state index contributed by atoms with van der Waals surface area (Å²) in [5, 5.41) is 3.76. The Labute approximate surface area is 124 Å². The monoisotopic (exact) mass is 271 g/mol. The SMILES string of the molecule is CC(NCC1C(C)(C)C1(C)C)c1ccc2c(c1)CCC2. The van der Waals surface area contributed by atoms with Crippen molar-refractivity contribution in [3.8, 4) is 0 Å². The molecule has 0 radical (unpaired) electrons. The molecule has 0 bridgehead atoms. The molecule has 0 saturated heterocycles. The fraction of sp³-hybridized carbons (Fsp3) is 0.684. The Kier molecular flexibility index (Phi) is 3.25. The van der Waals surface area contributed by atoms with Gasteiger partial charge in [-0.3, -0.25) is 0 Å². The lowest BCUT2D eigenvalue weighted by molar-refractivity contribution is 0.457. The van der Waals surface area contributed by atoms with Gasteiger partial charge in [-0.1, -0.05) is 45.9 Å². The van der Waals surface area contributed by atoms with Crippen molar-refractivity contribution in [3.05, 3.63) is 34.9 Å². The summed E-state index contributed by atoms with van der Waals surface area (Å²) in [5.41, 5.74) is 5.59. The summed E-state index contributed by atoms with van der Waals surface area (Å²) in [6.07, 6.45) is 3.89. The van der Waals surface area contributed by atoms with Crippen LogP contribution < -0.4 is 5.32 Å². The van der Waals surface area contributed by atoms with E-state index in [4.69, 9.17) is 0 Å². The van der Waals surface area contributed by atoms with Crippen LogP contribution in [0.25, 0.3) is 0 Å². The molecule has 2 aliphatic carbocycles. The molecule has 0 amide bonds. The van der Waals surface area contributed by atoms with Crippen molar-refractivity contribution in [2.75, 3.05) is 6.54 Å². The molecule has 1 aromatic rings. The van der Waals surface area contributed by atoms with Gasteiger partial charge in [-0.15, -0.1) is 0 Å². The molecule has 3 rings (SSSR count). The van der Waals surface area contributed by atoms with E-state index in [2.05, 4.69) is 58.1 Å². The van der Waals surface area contributed by atoms with Gasteiger partial charge in [-0.05, 0) is 66.2 Å². The minimum absolute atomic E-state index is 0.466. The zero-order chi connectivity index (χ0) is 14.5. The van der Waals surface area contributed by atoms with E-state index < -0.39 is 0 Å². The highest BCUT2D eigenvalue weighted by Crippen LogP contribution is 2.68. The molecule has 110 valence electrons. The molecule has 2 aliphatic rings. The van der Waals surface area contributed by atoms with Crippen LogP contribution in [0.2, 0.25) is 0 Å². The zero-order valence-corrected chi connectivity index (χ0v) is 13.7. The number of fused-ring (bicyclic) bond motifs is 1. The first-order valence-corrected chi connectivity index (χ1v) is 8.19. The van der Waals surface area contributed by atoms with Gasteiger partial charge in [0.15, 0.2) is 0 Å². The lowest BCUT2D eigenvalue weighted by atomic mass is 10.0. The summed E-state index contributed by atoms with van der Waals surface area (Å²) in [4.78, 5) is 0. The van der Waals surface area contributed by atoms with E-state index >= 15 is 0 Å². The van der Waals surface area contributed by atoms with E-state index in [0.717, 1.165) is 12.5 Å². The maximum atomic E-state index is 3.76. The predicted octanol–water partition coefficient (Wildman–Crippen LogP) is 4.51. The second kappa shape index (κ2) is 4.59. The van der Waals surface area contributed by atoms with Gasteiger partial charge in [0.2, 0.25) is 0 Å². The van der Waals surface area contributed by atoms with Gasteiger partial charge in [-0.2, -0.15) is 0 Å². The van der Waals surface area contributed by atoms with E-state index in [0.29, 0.717) is 16.9 Å². The van der Waals surface area contributed by atoms with Crippen molar-refractivity contribution >= 4 is 0 Å². The van der Waals surface area contributed by atoms with E-state index in [1.54, 1.807) is 11.1 Å². The van der Waals surface area contributed by atoms with Crippen LogP contribution in [-0.2, 0) is 12.8 Å². The lowest BCUT2D eigenvalue weighted by Gasteiger charge is -2.16. The third-order valence-electron chi connectivity index (χ3n) is 6.57. The Morgan fingerprint density at radius 1 is 1.10 bits per heavy atom. The number of hydrogen-bond donors (Lipinski definition) is 1. The van der Waals surface area contributed by atoms with Crippen LogP contribution in [0.5, 0.6) is 0 Å². The highest BCUT2D eigenvalue weighted by atomic mass is 14.9. The lowest BCUT2D eigenvalue weighted by Crippen LogP contribution is -2.23. The molecule has 20 heavy (non-hydrogen) atoms. The van der Waals surface area contributed by atoms with Crippen molar-refractivity contribution in [2.24, 2.45) is 16.7 Å². The van der Waals surface area contributed by atoms with Gasteiger partial charge in [0.05, 0.1) is 0 Å². The average molecular weight is 271 g/mol. The van der Waals surface area contributed by atoms with Crippen LogP contribution in [0.1, 0.15) is 63.8 Å². The van der Waals surface area contributed by atoms with Crippen LogP contribution in [0.4, 0.5) is 0 Å². The van der Waals surface area contributed by atoms with Gasteiger partial charge in [0, 0.05) is 6.04 Å². The van der Waals surface area contributed by atoms with Gasteiger partial charge in [0.1, 0.15) is 0 Å². The molecule has 0 aromatic heterocycles. The van der Waals surface area contributed by atoms with Gasteiger partial charge >= 0.3 is 0 Å². The molecule has 1 atom stereocenters. The Morgan fingerprint density at radius 3 is 2.40 bits per heavy atom. The van der Waals surface area contributed by atoms with Crippen LogP contribution in [0, 0.1) is 16.7 Å². The smallest absolute Gasteiger partial charge is 0.0292 e. The summed E-state index contributed by atoms with van der Waals surface area (Å²) in [6.45, 7) is 13.1. The quantitative estimate of drug-likeness (QED) is 0.849. The minimum Gasteiger partial charge on any atom is -0.310 e. The molecule has 1 aromatic carbocycles. The molecule has 0 spiro atoms. The number of benzene rings is 1. The predicted molar refractivity (Wildman–Crippen MR) is 85.9 cm³/mol.